The van der Waals surface area contributed by atoms with Crippen LogP contribution in [0.15, 0.2) is 36.0 Å². The van der Waals surface area contributed by atoms with Gasteiger partial charge in [-0.1, -0.05) is 36.0 Å². The third-order valence-electron chi connectivity index (χ3n) is 3.65. The number of esters is 2. The third kappa shape index (κ3) is 2.95. The quantitative estimate of drug-likeness (QED) is 0.442. The molecule has 0 aliphatic heterocycles. The van der Waals surface area contributed by atoms with Gasteiger partial charge in [0.25, 0.3) is 0 Å². The molecule has 0 amide bonds. The second-order valence-corrected chi connectivity index (χ2v) is 4.82. The standard InChI is InChI=1S/C15H18O4/c1-18-14(16)13(15(17)19-2)9-12-8-10-5-3-4-6-11(12)7-10/h3-6,8,10-11,13H,7,9H2,1-2H3. The van der Waals surface area contributed by atoms with Gasteiger partial charge in [-0.3, -0.25) is 9.59 Å². The molecule has 0 radical (unpaired) electrons. The molecule has 0 spiro atoms. The summed E-state index contributed by atoms with van der Waals surface area (Å²) < 4.78 is 9.37. The van der Waals surface area contributed by atoms with Gasteiger partial charge in [-0.15, -0.1) is 0 Å². The lowest BCUT2D eigenvalue weighted by Gasteiger charge is -2.16. The van der Waals surface area contributed by atoms with Crippen molar-refractivity contribution in [3.63, 3.8) is 0 Å². The number of fused-ring (bicyclic) bond motifs is 2. The second kappa shape index (κ2) is 5.87. The Bertz CT molecular complexity index is 443. The van der Waals surface area contributed by atoms with E-state index in [2.05, 4.69) is 27.7 Å². The maximum absolute atomic E-state index is 11.7. The van der Waals surface area contributed by atoms with Crippen LogP contribution in [-0.2, 0) is 19.1 Å². The zero-order valence-corrected chi connectivity index (χ0v) is 11.2. The Morgan fingerprint density at radius 1 is 1.21 bits per heavy atom. The number of allylic oxidation sites excluding steroid dienone is 6. The summed E-state index contributed by atoms with van der Waals surface area (Å²) in [6.45, 7) is 0. The van der Waals surface area contributed by atoms with Gasteiger partial charge >= 0.3 is 11.9 Å². The summed E-state index contributed by atoms with van der Waals surface area (Å²) in [5, 5.41) is 0. The highest BCUT2D eigenvalue weighted by atomic mass is 16.5. The number of carbonyl (C=O) groups excluding carboxylic acids is 2. The molecular weight excluding hydrogens is 244 g/mol. The predicted molar refractivity (Wildman–Crippen MR) is 70.1 cm³/mol. The lowest BCUT2D eigenvalue weighted by atomic mass is 9.91. The van der Waals surface area contributed by atoms with E-state index in [1.54, 1.807) is 0 Å². The Hall–Kier alpha value is -1.84. The van der Waals surface area contributed by atoms with Crippen LogP contribution in [0.1, 0.15) is 12.8 Å². The van der Waals surface area contributed by atoms with Crippen LogP contribution in [0.3, 0.4) is 0 Å². The van der Waals surface area contributed by atoms with E-state index in [0.717, 1.165) is 12.0 Å². The lowest BCUT2D eigenvalue weighted by molar-refractivity contribution is -0.158. The largest absolute Gasteiger partial charge is 0.468 e. The molecule has 0 saturated heterocycles. The summed E-state index contributed by atoms with van der Waals surface area (Å²) in [7, 11) is 2.57. The minimum atomic E-state index is -0.862. The highest BCUT2D eigenvalue weighted by molar-refractivity contribution is 5.95. The Kier molecular flexibility index (Phi) is 4.20. The number of carbonyl (C=O) groups is 2. The first-order valence-electron chi connectivity index (χ1n) is 6.37. The van der Waals surface area contributed by atoms with E-state index in [-0.39, 0.29) is 0 Å². The van der Waals surface area contributed by atoms with E-state index in [9.17, 15) is 9.59 Å². The van der Waals surface area contributed by atoms with Crippen LogP contribution >= 0.6 is 0 Å². The van der Waals surface area contributed by atoms with Gasteiger partial charge in [-0.05, 0) is 24.7 Å². The topological polar surface area (TPSA) is 52.6 Å². The normalized spacial score (nSPS) is 24.1. The van der Waals surface area contributed by atoms with Gasteiger partial charge in [-0.25, -0.2) is 0 Å². The van der Waals surface area contributed by atoms with Gasteiger partial charge in [0.15, 0.2) is 5.92 Å². The Labute approximate surface area is 112 Å². The summed E-state index contributed by atoms with van der Waals surface area (Å²) in [6, 6.07) is 0. The van der Waals surface area contributed by atoms with Crippen LogP contribution in [0.4, 0.5) is 0 Å². The van der Waals surface area contributed by atoms with E-state index in [0.29, 0.717) is 18.3 Å². The summed E-state index contributed by atoms with van der Waals surface area (Å²) in [5.41, 5.74) is 1.12. The van der Waals surface area contributed by atoms with Crippen molar-refractivity contribution < 1.29 is 19.1 Å². The van der Waals surface area contributed by atoms with Crippen LogP contribution < -0.4 is 0 Å². The molecule has 0 aromatic carbocycles. The van der Waals surface area contributed by atoms with Crippen LogP contribution in [0, 0.1) is 17.8 Å². The van der Waals surface area contributed by atoms with E-state index in [1.807, 2.05) is 12.2 Å². The Morgan fingerprint density at radius 2 is 1.84 bits per heavy atom. The van der Waals surface area contributed by atoms with Crippen molar-refractivity contribution in [2.75, 3.05) is 14.2 Å². The third-order valence-corrected chi connectivity index (χ3v) is 3.65. The van der Waals surface area contributed by atoms with Crippen molar-refractivity contribution in [1.29, 1.82) is 0 Å². The molecule has 0 N–H and O–H groups in total. The van der Waals surface area contributed by atoms with Crippen LogP contribution in [0.25, 0.3) is 0 Å². The average molecular weight is 262 g/mol. The van der Waals surface area contributed by atoms with Crippen molar-refractivity contribution in [3.05, 3.63) is 36.0 Å². The summed E-state index contributed by atoms with van der Waals surface area (Å²) >= 11 is 0. The van der Waals surface area contributed by atoms with Gasteiger partial charge in [0, 0.05) is 0 Å². The Balaban J connectivity index is 2.14. The SMILES string of the molecule is COC(=O)C(CC1=CC2C=CC=CC1C2)C(=O)OC. The van der Waals surface area contributed by atoms with Crippen molar-refractivity contribution >= 4 is 11.9 Å². The molecule has 2 unspecified atom stereocenters. The zero-order valence-electron chi connectivity index (χ0n) is 11.2. The van der Waals surface area contributed by atoms with Gasteiger partial charge in [0.05, 0.1) is 14.2 Å². The first-order chi connectivity index (χ1) is 9.15. The van der Waals surface area contributed by atoms with Crippen LogP contribution in [0.2, 0.25) is 0 Å². The molecule has 0 fully saturated rings. The minimum Gasteiger partial charge on any atom is -0.468 e. The molecule has 0 saturated carbocycles. The first kappa shape index (κ1) is 13.6. The highest BCUT2D eigenvalue weighted by Crippen LogP contribution is 2.37. The van der Waals surface area contributed by atoms with Gasteiger partial charge in [0.2, 0.25) is 0 Å². The van der Waals surface area contributed by atoms with Crippen molar-refractivity contribution in [3.8, 4) is 0 Å². The molecule has 0 aromatic heterocycles. The molecule has 2 atom stereocenters. The number of methoxy groups -OCH3 is 2. The predicted octanol–water partition coefficient (Wildman–Crippen LogP) is 2.03. The molecule has 2 bridgehead atoms. The Morgan fingerprint density at radius 3 is 2.47 bits per heavy atom. The fraction of sp³-hybridized carbons (Fsp3) is 0.467. The second-order valence-electron chi connectivity index (χ2n) is 4.82. The molecule has 2 rings (SSSR count). The molecular formula is C15H18O4. The number of rotatable bonds is 4. The molecule has 2 aliphatic carbocycles. The summed E-state index contributed by atoms with van der Waals surface area (Å²) in [6.07, 6.45) is 11.8. The van der Waals surface area contributed by atoms with Crippen LogP contribution in [-0.4, -0.2) is 26.2 Å². The van der Waals surface area contributed by atoms with E-state index in [4.69, 9.17) is 0 Å². The van der Waals surface area contributed by atoms with Crippen molar-refractivity contribution in [1.82, 2.24) is 0 Å². The average Bonchev–Trinajstić information content (AvgIpc) is 2.63. The smallest absolute Gasteiger partial charge is 0.320 e. The van der Waals surface area contributed by atoms with Gasteiger partial charge in [0.1, 0.15) is 0 Å². The number of ether oxygens (including phenoxy) is 2. The highest BCUT2D eigenvalue weighted by Gasteiger charge is 2.33. The molecule has 2 aliphatic rings. The summed E-state index contributed by atoms with van der Waals surface area (Å²) in [4.78, 5) is 23.4. The molecule has 0 aromatic rings. The summed E-state index contributed by atoms with van der Waals surface area (Å²) in [5.74, 6) is -1.24. The minimum absolute atomic E-state index is 0.303. The zero-order chi connectivity index (χ0) is 13.8. The molecule has 102 valence electrons. The van der Waals surface area contributed by atoms with Gasteiger partial charge in [-0.2, -0.15) is 0 Å². The van der Waals surface area contributed by atoms with E-state index in [1.165, 1.54) is 14.2 Å². The van der Waals surface area contributed by atoms with Crippen molar-refractivity contribution in [2.45, 2.75) is 12.8 Å². The van der Waals surface area contributed by atoms with E-state index >= 15 is 0 Å². The molecule has 19 heavy (non-hydrogen) atoms. The fourth-order valence-electron chi connectivity index (χ4n) is 2.66. The van der Waals surface area contributed by atoms with Crippen LogP contribution in [0.5, 0.6) is 0 Å². The van der Waals surface area contributed by atoms with Gasteiger partial charge < -0.3 is 9.47 Å². The fourth-order valence-corrected chi connectivity index (χ4v) is 2.66. The molecule has 4 nitrogen and oxygen atoms in total. The lowest BCUT2D eigenvalue weighted by Crippen LogP contribution is -2.27. The number of hydrogen-bond acceptors (Lipinski definition) is 4. The molecule has 4 heteroatoms. The maximum atomic E-state index is 11.7. The monoisotopic (exact) mass is 262 g/mol. The first-order valence-corrected chi connectivity index (χ1v) is 6.37. The molecule has 0 heterocycles. The van der Waals surface area contributed by atoms with Crippen molar-refractivity contribution in [2.24, 2.45) is 17.8 Å². The number of hydrogen-bond donors (Lipinski definition) is 0. The maximum Gasteiger partial charge on any atom is 0.320 e. The van der Waals surface area contributed by atoms with E-state index < -0.39 is 17.9 Å².